The van der Waals surface area contributed by atoms with Gasteiger partial charge in [0, 0.05) is 6.54 Å². The lowest BCUT2D eigenvalue weighted by atomic mass is 9.95. The third-order valence-electron chi connectivity index (χ3n) is 2.64. The molecule has 1 aliphatic heterocycles. The smallest absolute Gasteiger partial charge is 0.323 e. The molecule has 0 spiro atoms. The number of nitrogens with one attached hydrogen (secondary N) is 1. The summed E-state index contributed by atoms with van der Waals surface area (Å²) < 4.78 is 9.95. The van der Waals surface area contributed by atoms with E-state index >= 15 is 0 Å². The molecule has 1 rings (SSSR count). The van der Waals surface area contributed by atoms with E-state index in [2.05, 4.69) is 10.1 Å². The number of hydrogen-bond donors (Lipinski definition) is 1. The van der Waals surface area contributed by atoms with E-state index < -0.39 is 5.60 Å². The lowest BCUT2D eigenvalue weighted by Gasteiger charge is -2.29. The minimum absolute atomic E-state index is 0.154. The average molecular weight is 243 g/mol. The second-order valence-electron chi connectivity index (χ2n) is 5.29. The largest absolute Gasteiger partial charge is 0.469 e. The van der Waals surface area contributed by atoms with E-state index in [1.54, 1.807) is 0 Å². The zero-order chi connectivity index (χ0) is 13.1. The Kier molecular flexibility index (Phi) is 4.51. The minimum Gasteiger partial charge on any atom is -0.469 e. The maximum Gasteiger partial charge on any atom is 0.323 e. The van der Waals surface area contributed by atoms with E-state index in [-0.39, 0.29) is 23.9 Å². The number of carbonyl (C=O) groups is 2. The van der Waals surface area contributed by atoms with Gasteiger partial charge in [-0.2, -0.15) is 0 Å². The third kappa shape index (κ3) is 4.34. The fourth-order valence-electron chi connectivity index (χ4n) is 1.80. The number of carbonyl (C=O) groups excluding carboxylic acids is 2. The van der Waals surface area contributed by atoms with Crippen LogP contribution in [0.4, 0.5) is 0 Å². The van der Waals surface area contributed by atoms with Gasteiger partial charge in [0.25, 0.3) is 0 Å². The molecule has 5 heteroatoms. The van der Waals surface area contributed by atoms with Crippen LogP contribution in [0.2, 0.25) is 0 Å². The molecule has 0 aromatic heterocycles. The first-order valence-corrected chi connectivity index (χ1v) is 5.87. The summed E-state index contributed by atoms with van der Waals surface area (Å²) in [5.41, 5.74) is -0.474. The molecule has 98 valence electrons. The van der Waals surface area contributed by atoms with Crippen molar-refractivity contribution in [1.82, 2.24) is 5.32 Å². The molecule has 0 saturated carbocycles. The number of hydrogen-bond acceptors (Lipinski definition) is 5. The van der Waals surface area contributed by atoms with Gasteiger partial charge in [0.05, 0.1) is 13.0 Å². The van der Waals surface area contributed by atoms with Crippen LogP contribution >= 0.6 is 0 Å². The highest BCUT2D eigenvalue weighted by Crippen LogP contribution is 2.18. The van der Waals surface area contributed by atoms with Gasteiger partial charge in [-0.15, -0.1) is 0 Å². The van der Waals surface area contributed by atoms with E-state index in [0.29, 0.717) is 19.4 Å². The molecule has 0 radical (unpaired) electrons. The number of esters is 2. The van der Waals surface area contributed by atoms with Gasteiger partial charge in [0.1, 0.15) is 11.6 Å². The summed E-state index contributed by atoms with van der Waals surface area (Å²) in [7, 11) is 1.38. The minimum atomic E-state index is -0.474. The van der Waals surface area contributed by atoms with Crippen molar-refractivity contribution >= 4 is 11.9 Å². The maximum absolute atomic E-state index is 11.8. The summed E-state index contributed by atoms with van der Waals surface area (Å²) in [5, 5.41) is 3.03. The maximum atomic E-state index is 11.8. The van der Waals surface area contributed by atoms with Crippen LogP contribution in [0.25, 0.3) is 0 Å². The van der Waals surface area contributed by atoms with Crippen LogP contribution in [0.1, 0.15) is 33.6 Å². The first-order valence-electron chi connectivity index (χ1n) is 5.87. The van der Waals surface area contributed by atoms with Crippen LogP contribution in [0.5, 0.6) is 0 Å². The van der Waals surface area contributed by atoms with Gasteiger partial charge in [-0.1, -0.05) is 0 Å². The second-order valence-corrected chi connectivity index (χ2v) is 5.29. The van der Waals surface area contributed by atoms with Gasteiger partial charge in [0.2, 0.25) is 0 Å². The summed E-state index contributed by atoms with van der Waals surface area (Å²) in [6.45, 7) is 5.98. The van der Waals surface area contributed by atoms with Crippen LogP contribution in [0, 0.1) is 5.92 Å². The molecule has 1 heterocycles. The predicted molar refractivity (Wildman–Crippen MR) is 62.4 cm³/mol. The Balaban J connectivity index is 2.42. The van der Waals surface area contributed by atoms with Crippen molar-refractivity contribution in [3.63, 3.8) is 0 Å². The van der Waals surface area contributed by atoms with E-state index in [4.69, 9.17) is 4.74 Å². The summed E-state index contributed by atoms with van der Waals surface area (Å²) in [4.78, 5) is 23.1. The Morgan fingerprint density at radius 2 is 1.82 bits per heavy atom. The Morgan fingerprint density at radius 3 is 2.24 bits per heavy atom. The molecule has 5 nitrogen and oxygen atoms in total. The third-order valence-corrected chi connectivity index (χ3v) is 2.64. The summed E-state index contributed by atoms with van der Waals surface area (Å²) in [6, 6.07) is -0.310. The van der Waals surface area contributed by atoms with Crippen molar-refractivity contribution in [2.24, 2.45) is 5.92 Å². The van der Waals surface area contributed by atoms with Crippen molar-refractivity contribution in [2.45, 2.75) is 45.3 Å². The van der Waals surface area contributed by atoms with Crippen molar-refractivity contribution < 1.29 is 19.1 Å². The van der Waals surface area contributed by atoms with Crippen molar-refractivity contribution in [3.8, 4) is 0 Å². The zero-order valence-corrected chi connectivity index (χ0v) is 10.9. The second kappa shape index (κ2) is 5.49. The van der Waals surface area contributed by atoms with E-state index in [1.165, 1.54) is 7.11 Å². The van der Waals surface area contributed by atoms with Gasteiger partial charge in [0.15, 0.2) is 0 Å². The number of ether oxygens (including phenoxy) is 2. The lowest BCUT2D eigenvalue weighted by Crippen LogP contribution is -2.48. The first kappa shape index (κ1) is 14.0. The van der Waals surface area contributed by atoms with Gasteiger partial charge in [-0.3, -0.25) is 9.59 Å². The molecule has 1 fully saturated rings. The topological polar surface area (TPSA) is 64.6 Å². The van der Waals surface area contributed by atoms with Gasteiger partial charge in [-0.25, -0.2) is 0 Å². The van der Waals surface area contributed by atoms with Crippen LogP contribution < -0.4 is 5.32 Å². The number of rotatable bonds is 2. The number of piperidine rings is 1. The Morgan fingerprint density at radius 1 is 1.18 bits per heavy atom. The van der Waals surface area contributed by atoms with Crippen molar-refractivity contribution in [3.05, 3.63) is 0 Å². The Bertz CT molecular complexity index is 287. The highest BCUT2D eigenvalue weighted by Gasteiger charge is 2.32. The normalized spacial score (nSPS) is 25.2. The molecule has 1 N–H and O–H groups in total. The van der Waals surface area contributed by atoms with Crippen molar-refractivity contribution in [1.29, 1.82) is 0 Å². The van der Waals surface area contributed by atoms with E-state index in [0.717, 1.165) is 0 Å². The fourth-order valence-corrected chi connectivity index (χ4v) is 1.80. The molecular formula is C12H21NO4. The Hall–Kier alpha value is -1.10. The van der Waals surface area contributed by atoms with E-state index in [1.807, 2.05) is 20.8 Å². The molecule has 17 heavy (non-hydrogen) atoms. The molecule has 0 unspecified atom stereocenters. The molecule has 0 bridgehead atoms. The highest BCUT2D eigenvalue weighted by atomic mass is 16.6. The van der Waals surface area contributed by atoms with Crippen LogP contribution in [0.15, 0.2) is 0 Å². The standard InChI is InChI=1S/C12H21NO4/c1-12(2,3)17-11(15)9-6-5-8(7-13-9)10(14)16-4/h8-9,13H,5-7H2,1-4H3/t8-,9-/m0/s1. The molecule has 0 aliphatic carbocycles. The SMILES string of the molecule is COC(=O)[C@H]1CC[C@@H](C(=O)OC(C)(C)C)NC1. The van der Waals surface area contributed by atoms with Crippen LogP contribution in [-0.2, 0) is 19.1 Å². The van der Waals surface area contributed by atoms with Crippen molar-refractivity contribution in [2.75, 3.05) is 13.7 Å². The number of methoxy groups -OCH3 is 1. The van der Waals surface area contributed by atoms with E-state index in [9.17, 15) is 9.59 Å². The average Bonchev–Trinajstić information content (AvgIpc) is 2.26. The fraction of sp³-hybridized carbons (Fsp3) is 0.833. The summed E-state index contributed by atoms with van der Waals surface area (Å²) in [6.07, 6.45) is 1.26. The monoisotopic (exact) mass is 243 g/mol. The van der Waals surface area contributed by atoms with Crippen LogP contribution in [0.3, 0.4) is 0 Å². The predicted octanol–water partition coefficient (Wildman–Crippen LogP) is 0.869. The summed E-state index contributed by atoms with van der Waals surface area (Å²) in [5.74, 6) is -0.625. The van der Waals surface area contributed by atoms with Gasteiger partial charge in [-0.05, 0) is 33.6 Å². The molecular weight excluding hydrogens is 222 g/mol. The van der Waals surface area contributed by atoms with Crippen LogP contribution in [-0.4, -0.2) is 37.2 Å². The van der Waals surface area contributed by atoms with Gasteiger partial charge >= 0.3 is 11.9 Å². The molecule has 2 atom stereocenters. The first-order chi connectivity index (χ1) is 7.83. The molecule has 1 aliphatic rings. The highest BCUT2D eigenvalue weighted by molar-refractivity contribution is 5.77. The zero-order valence-electron chi connectivity index (χ0n) is 10.9. The van der Waals surface area contributed by atoms with Gasteiger partial charge < -0.3 is 14.8 Å². The quantitative estimate of drug-likeness (QED) is 0.729. The molecule has 0 aromatic carbocycles. The Labute approximate surface area is 102 Å². The lowest BCUT2D eigenvalue weighted by molar-refractivity contribution is -0.159. The molecule has 0 aromatic rings. The molecule has 0 amide bonds. The summed E-state index contributed by atoms with van der Waals surface area (Å²) >= 11 is 0. The molecule has 1 saturated heterocycles.